The van der Waals surface area contributed by atoms with E-state index in [1.165, 1.54) is 33.8 Å². The highest BCUT2D eigenvalue weighted by Crippen LogP contribution is 2.17. The first-order chi connectivity index (χ1) is 23.7. The van der Waals surface area contributed by atoms with Crippen LogP contribution < -0.4 is 0 Å². The lowest BCUT2D eigenvalue weighted by Gasteiger charge is -2.03. The van der Waals surface area contributed by atoms with E-state index in [1.54, 1.807) is 0 Å². The summed E-state index contributed by atoms with van der Waals surface area (Å²) in [4.78, 5) is 0. The molecule has 4 aromatic rings. The zero-order valence-corrected chi connectivity index (χ0v) is 34.5. The molecule has 0 aromatic heterocycles. The maximum absolute atomic E-state index is 5.61. The molecule has 0 heterocycles. The number of ether oxygens (including phenoxy) is 2. The fraction of sp³-hybridized carbons (Fsp3) is 0.467. The smallest absolute Gasteiger partial charge is 0.0721 e. The van der Waals surface area contributed by atoms with Crippen molar-refractivity contribution in [3.8, 4) is 0 Å². The first kappa shape index (κ1) is 55.9. The van der Waals surface area contributed by atoms with Crippen molar-refractivity contribution >= 4 is 23.5 Å². The fourth-order valence-electron chi connectivity index (χ4n) is 3.28. The van der Waals surface area contributed by atoms with Crippen molar-refractivity contribution in [2.45, 2.75) is 115 Å². The third-order valence-corrected chi connectivity index (χ3v) is 7.15. The van der Waals surface area contributed by atoms with E-state index in [2.05, 4.69) is 98.8 Å². The van der Waals surface area contributed by atoms with Gasteiger partial charge in [0.05, 0.1) is 13.2 Å². The molecule has 0 radical (unpaired) electrons. The molecule has 0 unspecified atom stereocenters. The minimum Gasteiger partial charge on any atom is -0.382 e. The minimum absolute atomic E-state index is 0. The second kappa shape index (κ2) is 52.3. The third-order valence-electron chi connectivity index (χ3n) is 5.26. The van der Waals surface area contributed by atoms with Gasteiger partial charge in [0.1, 0.15) is 0 Å². The summed E-state index contributed by atoms with van der Waals surface area (Å²) in [5, 5.41) is 0. The first-order valence-electron chi connectivity index (χ1n) is 18.2. The molecule has 0 bridgehead atoms. The van der Waals surface area contributed by atoms with Crippen molar-refractivity contribution in [1.29, 1.82) is 0 Å². The molecule has 0 spiro atoms. The molecule has 0 saturated heterocycles. The highest BCUT2D eigenvalue weighted by Gasteiger charge is 1.94. The van der Waals surface area contributed by atoms with Gasteiger partial charge in [-0.05, 0) is 47.6 Å². The average molecular weight is 713 g/mol. The van der Waals surface area contributed by atoms with Crippen LogP contribution in [-0.4, -0.2) is 24.7 Å². The Morgan fingerprint density at radius 1 is 0.367 bits per heavy atom. The summed E-state index contributed by atoms with van der Waals surface area (Å²) in [6.45, 7) is 27.4. The summed E-state index contributed by atoms with van der Waals surface area (Å²) in [6, 6.07) is 41.7. The van der Waals surface area contributed by atoms with Crippen LogP contribution in [0, 0.1) is 0 Å². The summed E-state index contributed by atoms with van der Waals surface area (Å²) < 4.78 is 10.4. The lowest BCUT2D eigenvalue weighted by atomic mass is 10.2. The van der Waals surface area contributed by atoms with E-state index in [-0.39, 0.29) is 7.43 Å². The molecule has 0 fully saturated rings. The highest BCUT2D eigenvalue weighted by molar-refractivity contribution is 7.99. The third kappa shape index (κ3) is 41.6. The van der Waals surface area contributed by atoms with Gasteiger partial charge in [-0.1, -0.05) is 198 Å². The monoisotopic (exact) mass is 713 g/mol. The van der Waals surface area contributed by atoms with Gasteiger partial charge in [0.25, 0.3) is 0 Å². The zero-order chi connectivity index (χ0) is 36.9. The van der Waals surface area contributed by atoms with Crippen molar-refractivity contribution in [1.82, 2.24) is 0 Å². The van der Waals surface area contributed by atoms with Gasteiger partial charge in [0, 0.05) is 24.7 Å². The fourth-order valence-corrected chi connectivity index (χ4v) is 4.65. The van der Waals surface area contributed by atoms with Gasteiger partial charge in [-0.2, -0.15) is 23.5 Å². The van der Waals surface area contributed by atoms with E-state index >= 15 is 0 Å². The van der Waals surface area contributed by atoms with Gasteiger partial charge >= 0.3 is 0 Å². The molecule has 0 atom stereocenters. The largest absolute Gasteiger partial charge is 0.382 e. The van der Waals surface area contributed by atoms with Crippen LogP contribution in [0.1, 0.15) is 113 Å². The first-order valence-corrected chi connectivity index (χ1v) is 20.5. The Balaban J connectivity index is -0.000000177. The maximum Gasteiger partial charge on any atom is 0.0721 e. The van der Waals surface area contributed by atoms with Crippen LogP contribution in [-0.2, 0) is 34.2 Å². The second-order valence-electron chi connectivity index (χ2n) is 8.49. The van der Waals surface area contributed by atoms with Crippen LogP contribution in [0.5, 0.6) is 0 Å². The van der Waals surface area contributed by atoms with Crippen LogP contribution in [0.25, 0.3) is 0 Å². The van der Waals surface area contributed by atoms with Crippen molar-refractivity contribution in [2.75, 3.05) is 24.7 Å². The Kier molecular flexibility index (Phi) is 59.7. The number of hydrogen-bond donors (Lipinski definition) is 0. The normalized spacial score (nSPS) is 8.41. The highest BCUT2D eigenvalue weighted by atomic mass is 32.2. The number of hydrogen-bond acceptors (Lipinski definition) is 4. The van der Waals surface area contributed by atoms with Crippen LogP contribution in [0.3, 0.4) is 0 Å². The van der Waals surface area contributed by atoms with Gasteiger partial charge in [0.15, 0.2) is 0 Å². The molecule has 4 heteroatoms. The minimum atomic E-state index is 0. The predicted molar refractivity (Wildman–Crippen MR) is 232 cm³/mol. The Morgan fingerprint density at radius 2 is 0.633 bits per heavy atom. The molecule has 0 aliphatic heterocycles. The summed E-state index contributed by atoms with van der Waals surface area (Å²) in [5.74, 6) is 4.71. The van der Waals surface area contributed by atoms with Crippen LogP contribution in [0.4, 0.5) is 0 Å². The van der Waals surface area contributed by atoms with Crippen molar-refractivity contribution < 1.29 is 9.47 Å². The van der Waals surface area contributed by atoms with Crippen molar-refractivity contribution in [3.05, 3.63) is 144 Å². The van der Waals surface area contributed by atoms with E-state index in [0.29, 0.717) is 13.2 Å². The summed E-state index contributed by atoms with van der Waals surface area (Å²) >= 11 is 3.92. The van der Waals surface area contributed by atoms with Crippen LogP contribution in [0.2, 0.25) is 0 Å². The van der Waals surface area contributed by atoms with Gasteiger partial charge in [-0.3, -0.25) is 0 Å². The molecule has 0 aliphatic rings. The molecular weight excluding hydrogens is 637 g/mol. The van der Waals surface area contributed by atoms with Crippen LogP contribution >= 0.6 is 23.5 Å². The molecule has 2 nitrogen and oxygen atoms in total. The van der Waals surface area contributed by atoms with E-state index in [0.717, 1.165) is 24.7 Å². The molecule has 4 aromatic carbocycles. The summed E-state index contributed by atoms with van der Waals surface area (Å²) in [7, 11) is 0. The molecule has 4 rings (SSSR count). The lowest BCUT2D eigenvalue weighted by molar-refractivity contribution is 0.107. The SMILES string of the molecule is C.CC.CC.CC.CC.CCOCC.CCSCC.c1ccc(COCc2ccccc2)cc1.c1ccc(CSCc2ccccc2)cc1. The topological polar surface area (TPSA) is 18.5 Å². The maximum atomic E-state index is 5.61. The van der Waals surface area contributed by atoms with E-state index in [9.17, 15) is 0 Å². The summed E-state index contributed by atoms with van der Waals surface area (Å²) in [5.41, 5.74) is 5.23. The average Bonchev–Trinajstić information content (AvgIpc) is 3.18. The van der Waals surface area contributed by atoms with Gasteiger partial charge < -0.3 is 9.47 Å². The zero-order valence-electron chi connectivity index (χ0n) is 32.8. The Bertz CT molecular complexity index is 861. The Hall–Kier alpha value is -2.50. The molecule has 0 saturated carbocycles. The van der Waals surface area contributed by atoms with E-state index in [1.807, 2.05) is 129 Å². The predicted octanol–water partition coefficient (Wildman–Crippen LogP) is 15.1. The number of rotatable bonds is 12. The molecule has 0 aliphatic carbocycles. The van der Waals surface area contributed by atoms with Crippen molar-refractivity contribution in [2.24, 2.45) is 0 Å². The summed E-state index contributed by atoms with van der Waals surface area (Å²) in [6.07, 6.45) is 0. The molecule has 0 N–H and O–H groups in total. The van der Waals surface area contributed by atoms with E-state index in [4.69, 9.17) is 9.47 Å². The van der Waals surface area contributed by atoms with Gasteiger partial charge in [-0.15, -0.1) is 0 Å². The van der Waals surface area contributed by atoms with E-state index < -0.39 is 0 Å². The lowest BCUT2D eigenvalue weighted by Crippen LogP contribution is -1.93. The standard InChI is InChI=1S/C14H14O.C14H14S.C4H10O.C4H10S.4C2H6.CH4/c2*1-3-7-13(8-4-1)11-15-12-14-9-5-2-6-10-14;2*1-3-5-4-2;4*1-2;/h2*1-10H,11-12H2;2*3-4H2,1-2H3;4*1-2H3;1H4. The van der Waals surface area contributed by atoms with Gasteiger partial charge in [0.2, 0.25) is 0 Å². The second-order valence-corrected chi connectivity index (χ2v) is 11.0. The Labute approximate surface area is 315 Å². The quantitative estimate of drug-likeness (QED) is 0.145. The molecule has 0 amide bonds. The molecular formula is C45H76O2S2. The molecule has 280 valence electrons. The molecule has 49 heavy (non-hydrogen) atoms. The van der Waals surface area contributed by atoms with Gasteiger partial charge in [-0.25, -0.2) is 0 Å². The van der Waals surface area contributed by atoms with Crippen LogP contribution in [0.15, 0.2) is 121 Å². The Morgan fingerprint density at radius 3 is 0.837 bits per heavy atom. The van der Waals surface area contributed by atoms with Crippen molar-refractivity contribution in [3.63, 3.8) is 0 Å². The number of benzene rings is 4. The number of thioether (sulfide) groups is 2.